The molecule has 0 bridgehead atoms. The van der Waals surface area contributed by atoms with Gasteiger partial charge in [0.1, 0.15) is 0 Å². The van der Waals surface area contributed by atoms with Crippen molar-refractivity contribution in [3.63, 3.8) is 0 Å². The fourth-order valence-electron chi connectivity index (χ4n) is 6.89. The minimum atomic E-state index is 0.520. The van der Waals surface area contributed by atoms with Crippen molar-refractivity contribution in [3.05, 3.63) is 0 Å². The Balaban J connectivity index is 8.90. The van der Waals surface area contributed by atoms with E-state index in [9.17, 15) is 0 Å². The first-order valence-electron chi connectivity index (χ1n) is 16.6. The summed E-state index contributed by atoms with van der Waals surface area (Å²) in [5, 5.41) is 7.52. The highest BCUT2D eigenvalue weighted by Crippen LogP contribution is 2.66. The van der Waals surface area contributed by atoms with Crippen molar-refractivity contribution < 1.29 is 0 Å². The second-order valence-electron chi connectivity index (χ2n) is 12.6. The highest BCUT2D eigenvalue weighted by atomic mass is 31.2. The molecule has 0 saturated heterocycles. The molecular weight excluding hydrogens is 1190 g/mol. The van der Waals surface area contributed by atoms with Gasteiger partial charge in [0.25, 0.3) is 0 Å². The van der Waals surface area contributed by atoms with E-state index >= 15 is 0 Å². The van der Waals surface area contributed by atoms with Crippen LogP contribution >= 0.6 is 272 Å². The first-order chi connectivity index (χ1) is 24.0. The van der Waals surface area contributed by atoms with Crippen LogP contribution in [0.1, 0.15) is 0 Å². The molecule has 0 heterocycles. The first kappa shape index (κ1) is 64.9. The van der Waals surface area contributed by atoms with Crippen LogP contribution in [0.25, 0.3) is 0 Å². The fraction of sp³-hybridized carbons (Fsp3) is 1.00. The predicted octanol–water partition coefficient (Wildman–Crippen LogP) is 11.6. The van der Waals surface area contributed by atoms with Gasteiger partial charge in [-0.2, -0.15) is 0 Å². The Labute approximate surface area is 389 Å². The molecule has 314 valence electrons. The largest absolute Gasteiger partial charge is 0.133 e. The molecule has 42 unspecified atom stereocenters. The van der Waals surface area contributed by atoms with Crippen molar-refractivity contribution in [1.82, 2.24) is 0 Å². The minimum absolute atomic E-state index is 0.520. The summed E-state index contributed by atoms with van der Waals surface area (Å²) in [5.41, 5.74) is 0. The average Bonchev–Trinajstić information content (AvgIpc) is 2.94. The summed E-state index contributed by atoms with van der Waals surface area (Å²) in [6.45, 7) is 0. The van der Waals surface area contributed by atoms with Crippen LogP contribution in [0.3, 0.4) is 0 Å². The third-order valence-corrected chi connectivity index (χ3v) is 34.4. The summed E-state index contributed by atoms with van der Waals surface area (Å²) in [4.78, 5) is 0. The van der Waals surface area contributed by atoms with Crippen LogP contribution in [0.4, 0.5) is 0 Å². The lowest BCUT2D eigenvalue weighted by Gasteiger charge is -2.56. The highest BCUT2D eigenvalue weighted by Gasteiger charge is 2.53. The molecule has 0 amide bonds. The molecule has 0 fully saturated rings. The summed E-state index contributed by atoms with van der Waals surface area (Å²) >= 11 is 0. The van der Waals surface area contributed by atoms with Gasteiger partial charge in [-0.15, -0.1) is 272 Å². The van der Waals surface area contributed by atoms with E-state index in [-0.39, 0.29) is 0 Å². The summed E-state index contributed by atoms with van der Waals surface area (Å²) in [5.74, 6) is 5.70. The monoisotopic (exact) mass is 1270 g/mol. The second kappa shape index (κ2) is 36.8. The lowest BCUT2D eigenvalue weighted by molar-refractivity contribution is 0.0909. The summed E-state index contributed by atoms with van der Waals surface area (Å²) in [6.07, 6.45) is 0. The van der Waals surface area contributed by atoms with Crippen molar-refractivity contribution >= 4 is 272 Å². The molecular formula is C22H76P30. The van der Waals surface area contributed by atoms with Gasteiger partial charge in [0.05, 0.1) is 0 Å². The third-order valence-electron chi connectivity index (χ3n) is 8.56. The standard InChI is InChI=1S/C22H76P30/c23-1-45-9(25)5(11(27)47-17(33)34)3(7(13(29)49-19(37)38)14(30)50-20(39)40)4(6(10(26)46-2-24)12(28)48-18(35)36)8(15(31)51-21(41)42)16(32)52-22(43)44/h3-22,45-52H,1-2,23-44H2. The van der Waals surface area contributed by atoms with E-state index in [2.05, 4.69) is 203 Å². The fourth-order valence-corrected chi connectivity index (χ4v) is 47.0. The van der Waals surface area contributed by atoms with Crippen LogP contribution < -0.4 is 0 Å². The Morgan fingerprint density at radius 3 is 0.519 bits per heavy atom. The Bertz CT molecular complexity index is 795. The lowest BCUT2D eigenvalue weighted by Crippen LogP contribution is -2.52. The Morgan fingerprint density at radius 2 is 0.385 bits per heavy atom. The maximum Gasteiger partial charge on any atom is 0.00579 e. The molecule has 0 aromatic rings. The maximum absolute atomic E-state index is 3.50. The van der Waals surface area contributed by atoms with Crippen LogP contribution in [-0.4, -0.2) is 85.9 Å². The molecule has 0 rings (SSSR count). The van der Waals surface area contributed by atoms with Crippen LogP contribution in [0, 0.1) is 35.5 Å². The zero-order chi connectivity index (χ0) is 40.6. The van der Waals surface area contributed by atoms with Crippen molar-refractivity contribution in [1.29, 1.82) is 0 Å². The molecule has 0 radical (unpaired) electrons. The Kier molecular flexibility index (Phi) is 45.9. The Hall–Kier alpha value is 12.9. The smallest absolute Gasteiger partial charge is 0.00579 e. The van der Waals surface area contributed by atoms with E-state index in [1.807, 2.05) is 0 Å². The van der Waals surface area contributed by atoms with E-state index in [1.54, 1.807) is 0 Å². The number of hydrogen-bond donors (Lipinski definition) is 0. The van der Waals surface area contributed by atoms with E-state index in [1.165, 1.54) is 11.8 Å². The van der Waals surface area contributed by atoms with E-state index in [0.717, 1.165) is 68.6 Å². The van der Waals surface area contributed by atoms with Crippen LogP contribution in [-0.2, 0) is 0 Å². The molecule has 0 N–H and O–H groups in total. The molecule has 0 aliphatic rings. The molecule has 0 aromatic heterocycles. The molecule has 52 heavy (non-hydrogen) atoms. The first-order valence-corrected chi connectivity index (χ1v) is 41.0. The molecule has 0 aromatic carbocycles. The molecule has 0 spiro atoms. The van der Waals surface area contributed by atoms with Crippen molar-refractivity contribution in [2.45, 2.75) is 74.0 Å². The normalized spacial score (nSPS) is 23.1. The molecule has 0 aliphatic heterocycles. The van der Waals surface area contributed by atoms with Crippen LogP contribution in [0.5, 0.6) is 0 Å². The van der Waals surface area contributed by atoms with Gasteiger partial charge in [0, 0.05) is 30.8 Å². The number of rotatable bonds is 29. The number of hydrogen-bond acceptors (Lipinski definition) is 0. The SMILES string of the molecule is PCPC(P)C(C(P)PC(P)P)C(C(C(P)PC(P)P)C(P)PC(P)P)C(C(C(P)PCP)C(P)PC(P)P)C(C(P)PC(P)P)C(P)PC(P)P. The molecule has 30 heteroatoms. The van der Waals surface area contributed by atoms with Crippen molar-refractivity contribution in [2.75, 3.05) is 11.8 Å². The predicted molar refractivity (Wildman–Crippen MR) is 364 cm³/mol. The lowest BCUT2D eigenvalue weighted by atomic mass is 9.65. The summed E-state index contributed by atoms with van der Waals surface area (Å²) in [7, 11) is 78.9. The Morgan fingerprint density at radius 1 is 0.231 bits per heavy atom. The van der Waals surface area contributed by atoms with E-state index in [0.29, 0.717) is 110 Å². The molecule has 0 saturated carbocycles. The topological polar surface area (TPSA) is 0 Å². The van der Waals surface area contributed by atoms with Crippen LogP contribution in [0.2, 0.25) is 0 Å². The van der Waals surface area contributed by atoms with E-state index < -0.39 is 0 Å². The van der Waals surface area contributed by atoms with E-state index in [4.69, 9.17) is 0 Å². The second-order valence-corrected chi connectivity index (χ2v) is 60.4. The average molecular weight is 1270 g/mol. The van der Waals surface area contributed by atoms with Gasteiger partial charge in [0.2, 0.25) is 0 Å². The molecule has 0 nitrogen and oxygen atoms in total. The van der Waals surface area contributed by atoms with Gasteiger partial charge in [-0.05, 0) is 90.5 Å². The summed E-state index contributed by atoms with van der Waals surface area (Å²) in [6, 6.07) is 0. The third kappa shape index (κ3) is 26.8. The van der Waals surface area contributed by atoms with Crippen LogP contribution in [0.15, 0.2) is 0 Å². The van der Waals surface area contributed by atoms with Gasteiger partial charge in [-0.25, -0.2) is 0 Å². The van der Waals surface area contributed by atoms with Crippen molar-refractivity contribution in [2.24, 2.45) is 35.5 Å². The molecule has 42 atom stereocenters. The minimum Gasteiger partial charge on any atom is -0.133 e. The quantitative estimate of drug-likeness (QED) is 0.0655. The van der Waals surface area contributed by atoms with Gasteiger partial charge >= 0.3 is 0 Å². The zero-order valence-corrected chi connectivity index (χ0v) is 63.1. The van der Waals surface area contributed by atoms with Gasteiger partial charge in [-0.1, -0.05) is 0 Å². The highest BCUT2D eigenvalue weighted by molar-refractivity contribution is 7.70. The molecule has 0 aliphatic carbocycles. The maximum atomic E-state index is 3.50. The van der Waals surface area contributed by atoms with Crippen molar-refractivity contribution in [3.8, 4) is 0 Å². The van der Waals surface area contributed by atoms with Gasteiger partial charge in [-0.3, -0.25) is 0 Å². The van der Waals surface area contributed by atoms with Gasteiger partial charge < -0.3 is 0 Å². The zero-order valence-electron chi connectivity index (χ0n) is 29.7. The summed E-state index contributed by atoms with van der Waals surface area (Å²) < 4.78 is 0. The van der Waals surface area contributed by atoms with Gasteiger partial charge in [0.15, 0.2) is 0 Å².